The van der Waals surface area contributed by atoms with Crippen LogP contribution >= 0.6 is 0 Å². The van der Waals surface area contributed by atoms with Crippen molar-refractivity contribution in [2.75, 3.05) is 6.54 Å². The number of hydrogen-bond acceptors (Lipinski definition) is 2. The van der Waals surface area contributed by atoms with Crippen LogP contribution < -0.4 is 10.1 Å². The number of ether oxygens (including phenoxy) is 1. The first-order valence-electron chi connectivity index (χ1n) is 9.89. The summed E-state index contributed by atoms with van der Waals surface area (Å²) in [6.07, 6.45) is 1.38. The van der Waals surface area contributed by atoms with E-state index in [1.54, 1.807) is 6.92 Å². The molecule has 0 spiro atoms. The van der Waals surface area contributed by atoms with E-state index in [1.807, 2.05) is 19.9 Å². The molecule has 3 heteroatoms. The second kappa shape index (κ2) is 9.59. The summed E-state index contributed by atoms with van der Waals surface area (Å²) in [5.74, 6) is 1.28. The molecule has 1 unspecified atom stereocenters. The van der Waals surface area contributed by atoms with Gasteiger partial charge >= 0.3 is 0 Å². The second-order valence-electron chi connectivity index (χ2n) is 7.76. The third-order valence-corrected chi connectivity index (χ3v) is 5.02. The molecule has 27 heavy (non-hydrogen) atoms. The maximum absolute atomic E-state index is 12.3. The van der Waals surface area contributed by atoms with Crippen molar-refractivity contribution in [3.63, 3.8) is 0 Å². The number of nitrogens with one attached hydrogen (secondary N) is 1. The Labute approximate surface area is 164 Å². The minimum absolute atomic E-state index is 0.0660. The van der Waals surface area contributed by atoms with Crippen molar-refractivity contribution in [1.82, 2.24) is 5.32 Å². The summed E-state index contributed by atoms with van der Waals surface area (Å²) in [7, 11) is 0. The zero-order valence-corrected chi connectivity index (χ0v) is 17.6. The number of carbonyl (C=O) groups is 1. The van der Waals surface area contributed by atoms with Crippen LogP contribution in [0.1, 0.15) is 60.9 Å². The smallest absolute Gasteiger partial charge is 0.260 e. The Morgan fingerprint density at radius 1 is 1.04 bits per heavy atom. The molecule has 2 aromatic carbocycles. The van der Waals surface area contributed by atoms with Crippen LogP contribution in [-0.2, 0) is 11.2 Å². The van der Waals surface area contributed by atoms with Crippen LogP contribution in [0.25, 0.3) is 0 Å². The van der Waals surface area contributed by atoms with Gasteiger partial charge in [0.1, 0.15) is 5.75 Å². The van der Waals surface area contributed by atoms with E-state index in [4.69, 9.17) is 4.74 Å². The van der Waals surface area contributed by atoms with Gasteiger partial charge in [-0.05, 0) is 80.3 Å². The molecule has 0 saturated carbocycles. The average molecular weight is 368 g/mol. The van der Waals surface area contributed by atoms with Crippen molar-refractivity contribution in [2.45, 2.75) is 66.4 Å². The van der Waals surface area contributed by atoms with Gasteiger partial charge in [-0.2, -0.15) is 0 Å². The molecule has 3 nitrogen and oxygen atoms in total. The average Bonchev–Trinajstić information content (AvgIpc) is 2.63. The number of amides is 1. The Balaban J connectivity index is 1.78. The highest BCUT2D eigenvalue weighted by Crippen LogP contribution is 2.24. The standard InChI is InChI=1S/C24H33NO2/c1-16(2)22-11-9-21(10-12-22)8-7-13-25-24(26)20(6)27-23-15-17(3)14-18(4)19(23)5/h9-12,14-16,20H,7-8,13H2,1-6H3,(H,25,26). The van der Waals surface area contributed by atoms with E-state index in [9.17, 15) is 4.79 Å². The quantitative estimate of drug-likeness (QED) is 0.647. The molecule has 1 amide bonds. The van der Waals surface area contributed by atoms with Crippen LogP contribution in [0.3, 0.4) is 0 Å². The molecule has 0 saturated heterocycles. The molecule has 0 aliphatic rings. The predicted molar refractivity (Wildman–Crippen MR) is 113 cm³/mol. The van der Waals surface area contributed by atoms with E-state index < -0.39 is 6.10 Å². The highest BCUT2D eigenvalue weighted by atomic mass is 16.5. The van der Waals surface area contributed by atoms with Crippen molar-refractivity contribution in [2.24, 2.45) is 0 Å². The minimum Gasteiger partial charge on any atom is -0.481 e. The normalized spacial score (nSPS) is 12.1. The van der Waals surface area contributed by atoms with Crippen molar-refractivity contribution >= 4 is 5.91 Å². The van der Waals surface area contributed by atoms with Gasteiger partial charge in [0, 0.05) is 6.54 Å². The summed E-state index contributed by atoms with van der Waals surface area (Å²) >= 11 is 0. The highest BCUT2D eigenvalue weighted by Gasteiger charge is 2.16. The fourth-order valence-corrected chi connectivity index (χ4v) is 3.08. The fourth-order valence-electron chi connectivity index (χ4n) is 3.08. The summed E-state index contributed by atoms with van der Waals surface area (Å²) in [5, 5.41) is 2.99. The molecule has 2 rings (SSSR count). The minimum atomic E-state index is -0.504. The Morgan fingerprint density at radius 2 is 1.70 bits per heavy atom. The van der Waals surface area contributed by atoms with Crippen LogP contribution in [0, 0.1) is 20.8 Å². The molecular weight excluding hydrogens is 334 g/mol. The van der Waals surface area contributed by atoms with Crippen LogP contribution in [0.5, 0.6) is 5.75 Å². The zero-order chi connectivity index (χ0) is 20.0. The molecule has 0 aromatic heterocycles. The second-order valence-corrected chi connectivity index (χ2v) is 7.76. The number of carbonyl (C=O) groups excluding carboxylic acids is 1. The molecule has 0 radical (unpaired) electrons. The maximum atomic E-state index is 12.3. The van der Waals surface area contributed by atoms with Crippen molar-refractivity contribution < 1.29 is 9.53 Å². The van der Waals surface area contributed by atoms with Gasteiger partial charge in [0.05, 0.1) is 0 Å². The fraction of sp³-hybridized carbons (Fsp3) is 0.458. The number of rotatable bonds is 8. The topological polar surface area (TPSA) is 38.3 Å². The Hall–Kier alpha value is -2.29. The Morgan fingerprint density at radius 3 is 2.33 bits per heavy atom. The summed E-state index contributed by atoms with van der Waals surface area (Å²) in [6, 6.07) is 12.9. The Bertz CT molecular complexity index is 763. The van der Waals surface area contributed by atoms with E-state index in [1.165, 1.54) is 16.7 Å². The molecule has 1 atom stereocenters. The molecule has 1 N–H and O–H groups in total. The van der Waals surface area contributed by atoms with Gasteiger partial charge in [-0.15, -0.1) is 0 Å². The van der Waals surface area contributed by atoms with Gasteiger partial charge < -0.3 is 10.1 Å². The van der Waals surface area contributed by atoms with E-state index in [2.05, 4.69) is 56.4 Å². The summed E-state index contributed by atoms with van der Waals surface area (Å²) in [5.41, 5.74) is 6.08. The third kappa shape index (κ3) is 6.13. The van der Waals surface area contributed by atoms with Gasteiger partial charge in [0.25, 0.3) is 5.91 Å². The molecule has 0 fully saturated rings. The maximum Gasteiger partial charge on any atom is 0.260 e. The lowest BCUT2D eigenvalue weighted by atomic mass is 10.0. The van der Waals surface area contributed by atoms with Crippen molar-refractivity contribution in [1.29, 1.82) is 0 Å². The number of hydrogen-bond donors (Lipinski definition) is 1. The van der Waals surface area contributed by atoms with Gasteiger partial charge in [-0.1, -0.05) is 44.2 Å². The summed E-state index contributed by atoms with van der Waals surface area (Å²) in [4.78, 5) is 12.3. The largest absolute Gasteiger partial charge is 0.481 e. The lowest BCUT2D eigenvalue weighted by Gasteiger charge is -2.18. The molecular formula is C24H33NO2. The molecule has 0 bridgehead atoms. The molecule has 0 aliphatic carbocycles. The highest BCUT2D eigenvalue weighted by molar-refractivity contribution is 5.80. The number of aryl methyl sites for hydroxylation is 3. The van der Waals surface area contributed by atoms with E-state index in [0.29, 0.717) is 12.5 Å². The van der Waals surface area contributed by atoms with Crippen molar-refractivity contribution in [3.8, 4) is 5.75 Å². The van der Waals surface area contributed by atoms with E-state index in [-0.39, 0.29) is 5.91 Å². The van der Waals surface area contributed by atoms with Crippen LogP contribution in [0.4, 0.5) is 0 Å². The molecule has 2 aromatic rings. The first-order chi connectivity index (χ1) is 12.8. The molecule has 0 heterocycles. The van der Waals surface area contributed by atoms with Crippen LogP contribution in [0.15, 0.2) is 36.4 Å². The summed E-state index contributed by atoms with van der Waals surface area (Å²) < 4.78 is 5.91. The lowest BCUT2D eigenvalue weighted by molar-refractivity contribution is -0.127. The van der Waals surface area contributed by atoms with E-state index in [0.717, 1.165) is 29.7 Å². The molecule has 0 aliphatic heterocycles. The van der Waals surface area contributed by atoms with Gasteiger partial charge in [0.15, 0.2) is 6.10 Å². The number of benzene rings is 2. The van der Waals surface area contributed by atoms with Crippen LogP contribution in [-0.4, -0.2) is 18.6 Å². The Kier molecular flexibility index (Phi) is 7.46. The lowest BCUT2D eigenvalue weighted by Crippen LogP contribution is -2.37. The molecule has 146 valence electrons. The van der Waals surface area contributed by atoms with E-state index >= 15 is 0 Å². The van der Waals surface area contributed by atoms with Crippen molar-refractivity contribution in [3.05, 3.63) is 64.2 Å². The van der Waals surface area contributed by atoms with Gasteiger partial charge in [-0.25, -0.2) is 0 Å². The first kappa shape index (κ1) is 21.0. The SMILES string of the molecule is Cc1cc(C)c(C)c(OC(C)C(=O)NCCCc2ccc(C(C)C)cc2)c1. The zero-order valence-electron chi connectivity index (χ0n) is 17.6. The predicted octanol–water partition coefficient (Wildman–Crippen LogP) is 5.25. The van der Waals surface area contributed by atoms with Gasteiger partial charge in [-0.3, -0.25) is 4.79 Å². The first-order valence-corrected chi connectivity index (χ1v) is 9.89. The van der Waals surface area contributed by atoms with Gasteiger partial charge in [0.2, 0.25) is 0 Å². The third-order valence-electron chi connectivity index (χ3n) is 5.02. The van der Waals surface area contributed by atoms with Crippen LogP contribution in [0.2, 0.25) is 0 Å². The summed E-state index contributed by atoms with van der Waals surface area (Å²) in [6.45, 7) is 13.0. The monoisotopic (exact) mass is 367 g/mol.